The van der Waals surface area contributed by atoms with Gasteiger partial charge in [-0.1, -0.05) is 26.0 Å². The summed E-state index contributed by atoms with van der Waals surface area (Å²) >= 11 is 0. The van der Waals surface area contributed by atoms with Gasteiger partial charge in [0.15, 0.2) is 5.54 Å². The highest BCUT2D eigenvalue weighted by molar-refractivity contribution is 6.14. The molecule has 1 saturated heterocycles. The summed E-state index contributed by atoms with van der Waals surface area (Å²) in [4.78, 5) is 50.4. The van der Waals surface area contributed by atoms with E-state index in [1.54, 1.807) is 12.1 Å². The number of primary amides is 2. The van der Waals surface area contributed by atoms with E-state index < -0.39 is 35.3 Å². The second-order valence-corrected chi connectivity index (χ2v) is 7.36. The molecule has 0 aromatic heterocycles. The first-order valence-electron chi connectivity index (χ1n) is 9.11. The van der Waals surface area contributed by atoms with Gasteiger partial charge in [-0.05, 0) is 37.3 Å². The third-order valence-corrected chi connectivity index (χ3v) is 4.95. The minimum atomic E-state index is -1.80. The van der Waals surface area contributed by atoms with E-state index in [0.29, 0.717) is 12.8 Å². The maximum Gasteiger partial charge on any atom is 0.337 e. The van der Waals surface area contributed by atoms with Gasteiger partial charge in [0.1, 0.15) is 6.04 Å². The van der Waals surface area contributed by atoms with Crippen molar-refractivity contribution in [1.29, 1.82) is 0 Å². The molecule has 0 aliphatic carbocycles. The van der Waals surface area contributed by atoms with Crippen molar-refractivity contribution in [3.05, 3.63) is 29.8 Å². The molecule has 1 aliphatic rings. The summed E-state index contributed by atoms with van der Waals surface area (Å²) in [6, 6.07) is 5.14. The number of amides is 3. The van der Waals surface area contributed by atoms with E-state index >= 15 is 0 Å². The summed E-state index contributed by atoms with van der Waals surface area (Å²) in [5.74, 6) is -3.47. The number of nitrogens with zero attached hydrogens (tertiary/aromatic N) is 1. The molecular weight excluding hydrogens is 364 g/mol. The van der Waals surface area contributed by atoms with Gasteiger partial charge < -0.3 is 26.8 Å². The zero-order chi connectivity index (χ0) is 21.1. The van der Waals surface area contributed by atoms with Crippen LogP contribution in [0, 0.1) is 5.92 Å². The fourth-order valence-corrected chi connectivity index (χ4v) is 3.63. The van der Waals surface area contributed by atoms with E-state index in [2.05, 4.69) is 5.32 Å². The Labute approximate surface area is 163 Å². The van der Waals surface area contributed by atoms with Crippen molar-refractivity contribution >= 4 is 29.4 Å². The Morgan fingerprint density at radius 1 is 1.21 bits per heavy atom. The lowest BCUT2D eigenvalue weighted by Gasteiger charge is -2.37. The van der Waals surface area contributed by atoms with Crippen LogP contribution < -0.4 is 21.7 Å². The van der Waals surface area contributed by atoms with Crippen molar-refractivity contribution in [2.24, 2.45) is 17.4 Å². The Hall–Kier alpha value is -3.10. The molecule has 1 heterocycles. The van der Waals surface area contributed by atoms with Crippen LogP contribution in [0.3, 0.4) is 0 Å². The number of hydrogen-bond acceptors (Lipinski definition) is 5. The molecule has 2 rings (SSSR count). The van der Waals surface area contributed by atoms with Crippen LogP contribution in [0.4, 0.5) is 5.69 Å². The van der Waals surface area contributed by atoms with Gasteiger partial charge in [0, 0.05) is 6.54 Å². The van der Waals surface area contributed by atoms with Crippen molar-refractivity contribution in [3.8, 4) is 0 Å². The number of carboxylic acids is 1. The average molecular weight is 390 g/mol. The lowest BCUT2D eigenvalue weighted by atomic mass is 9.91. The Balaban J connectivity index is 2.47. The first-order chi connectivity index (χ1) is 13.1. The van der Waals surface area contributed by atoms with E-state index in [-0.39, 0.29) is 30.1 Å². The van der Waals surface area contributed by atoms with E-state index in [9.17, 15) is 24.3 Å². The summed E-state index contributed by atoms with van der Waals surface area (Å²) in [7, 11) is 0. The van der Waals surface area contributed by atoms with Gasteiger partial charge in [0.05, 0.1) is 11.3 Å². The number of carbonyl (C=O) groups excluding carboxylic acids is 3. The van der Waals surface area contributed by atoms with Gasteiger partial charge in [-0.3, -0.25) is 14.4 Å². The number of nitrogens with one attached hydrogen (secondary N) is 1. The number of rotatable bonds is 8. The Morgan fingerprint density at radius 2 is 1.86 bits per heavy atom. The lowest BCUT2D eigenvalue weighted by molar-refractivity contribution is -0.137. The predicted molar refractivity (Wildman–Crippen MR) is 102 cm³/mol. The Morgan fingerprint density at radius 3 is 2.39 bits per heavy atom. The average Bonchev–Trinajstić information content (AvgIpc) is 3.06. The SMILES string of the molecule is CC(C)C[C@H](NC(=O)[C@]1(C(N)=O)CCCN1c1ccccc1C(=O)O)C(N)=O. The maximum absolute atomic E-state index is 13.2. The number of aromatic carboxylic acids is 1. The van der Waals surface area contributed by atoms with E-state index in [4.69, 9.17) is 11.5 Å². The number of anilines is 1. The third kappa shape index (κ3) is 3.92. The van der Waals surface area contributed by atoms with Crippen LogP contribution >= 0.6 is 0 Å². The van der Waals surface area contributed by atoms with Crippen LogP contribution in [0.1, 0.15) is 43.5 Å². The molecule has 0 unspecified atom stereocenters. The van der Waals surface area contributed by atoms with Crippen molar-refractivity contribution in [2.75, 3.05) is 11.4 Å². The fraction of sp³-hybridized carbons (Fsp3) is 0.474. The topological polar surface area (TPSA) is 156 Å². The number of carbonyl (C=O) groups is 4. The molecule has 0 bridgehead atoms. The molecule has 0 spiro atoms. The number of para-hydroxylation sites is 1. The van der Waals surface area contributed by atoms with Crippen molar-refractivity contribution in [2.45, 2.75) is 44.7 Å². The molecule has 9 nitrogen and oxygen atoms in total. The molecule has 1 aliphatic heterocycles. The molecule has 1 aromatic carbocycles. The van der Waals surface area contributed by atoms with E-state index in [1.807, 2.05) is 13.8 Å². The second kappa shape index (κ2) is 8.28. The smallest absolute Gasteiger partial charge is 0.337 e. The summed E-state index contributed by atoms with van der Waals surface area (Å²) in [6.45, 7) is 4.01. The zero-order valence-electron chi connectivity index (χ0n) is 16.0. The summed E-state index contributed by atoms with van der Waals surface area (Å²) in [5, 5.41) is 12.0. The molecular formula is C19H26N4O5. The summed E-state index contributed by atoms with van der Waals surface area (Å²) < 4.78 is 0. The van der Waals surface area contributed by atoms with E-state index in [0.717, 1.165) is 0 Å². The second-order valence-electron chi connectivity index (χ2n) is 7.36. The molecule has 3 amide bonds. The fourth-order valence-electron chi connectivity index (χ4n) is 3.63. The zero-order valence-corrected chi connectivity index (χ0v) is 16.0. The molecule has 2 atom stereocenters. The van der Waals surface area contributed by atoms with Crippen LogP contribution in [-0.2, 0) is 14.4 Å². The Kier molecular flexibility index (Phi) is 6.27. The number of benzene rings is 1. The highest BCUT2D eigenvalue weighted by Gasteiger charge is 2.54. The van der Waals surface area contributed by atoms with Crippen LogP contribution in [-0.4, -0.2) is 46.9 Å². The van der Waals surface area contributed by atoms with Gasteiger partial charge in [-0.15, -0.1) is 0 Å². The van der Waals surface area contributed by atoms with Crippen LogP contribution in [0.5, 0.6) is 0 Å². The first kappa shape index (κ1) is 21.2. The lowest BCUT2D eigenvalue weighted by Crippen LogP contribution is -2.65. The van der Waals surface area contributed by atoms with Gasteiger partial charge in [-0.25, -0.2) is 4.79 Å². The monoisotopic (exact) mass is 390 g/mol. The van der Waals surface area contributed by atoms with Crippen LogP contribution in [0.25, 0.3) is 0 Å². The molecule has 9 heteroatoms. The molecule has 1 fully saturated rings. The van der Waals surface area contributed by atoms with Crippen LogP contribution in [0.15, 0.2) is 24.3 Å². The molecule has 1 aromatic rings. The maximum atomic E-state index is 13.2. The van der Waals surface area contributed by atoms with Crippen LogP contribution in [0.2, 0.25) is 0 Å². The third-order valence-electron chi connectivity index (χ3n) is 4.95. The molecule has 28 heavy (non-hydrogen) atoms. The minimum Gasteiger partial charge on any atom is -0.478 e. The first-order valence-corrected chi connectivity index (χ1v) is 9.11. The molecule has 152 valence electrons. The molecule has 0 saturated carbocycles. The highest BCUT2D eigenvalue weighted by atomic mass is 16.4. The van der Waals surface area contributed by atoms with Gasteiger partial charge in [-0.2, -0.15) is 0 Å². The van der Waals surface area contributed by atoms with E-state index in [1.165, 1.54) is 17.0 Å². The highest BCUT2D eigenvalue weighted by Crippen LogP contribution is 2.36. The molecule has 6 N–H and O–H groups in total. The molecule has 0 radical (unpaired) electrons. The standard InChI is InChI=1S/C19H26N4O5/c1-11(2)10-13(15(20)24)22-18(28)19(17(21)27)8-5-9-23(19)14-7-4-3-6-12(14)16(25)26/h3-4,6-7,11,13H,5,8-10H2,1-2H3,(H2,20,24)(H2,21,27)(H,22,28)(H,25,26)/t13-,19+/m0/s1. The number of nitrogens with two attached hydrogens (primary N) is 2. The van der Waals surface area contributed by atoms with Crippen molar-refractivity contribution in [3.63, 3.8) is 0 Å². The Bertz CT molecular complexity index is 794. The van der Waals surface area contributed by atoms with Crippen molar-refractivity contribution < 1.29 is 24.3 Å². The largest absolute Gasteiger partial charge is 0.478 e. The minimum absolute atomic E-state index is 0.0449. The quantitative estimate of drug-likeness (QED) is 0.465. The predicted octanol–water partition coefficient (Wildman–Crippen LogP) is 0.225. The van der Waals surface area contributed by atoms with Gasteiger partial charge in [0.2, 0.25) is 5.91 Å². The number of hydrogen-bond donors (Lipinski definition) is 4. The normalized spacial score (nSPS) is 20.0. The summed E-state index contributed by atoms with van der Waals surface area (Å²) in [6.07, 6.45) is 0.868. The summed E-state index contributed by atoms with van der Waals surface area (Å²) in [5.41, 5.74) is 9.42. The van der Waals surface area contributed by atoms with Gasteiger partial charge >= 0.3 is 5.97 Å². The number of carboxylic acid groups (broad SMARTS) is 1. The van der Waals surface area contributed by atoms with Crippen molar-refractivity contribution in [1.82, 2.24) is 5.32 Å². The van der Waals surface area contributed by atoms with Gasteiger partial charge in [0.25, 0.3) is 11.8 Å².